The Morgan fingerprint density at radius 2 is 1.76 bits per heavy atom. The minimum Gasteiger partial charge on any atom is -0.480 e. The Morgan fingerprint density at radius 3 is 2.38 bits per heavy atom. The van der Waals surface area contributed by atoms with Crippen molar-refractivity contribution >= 4 is 35.5 Å². The van der Waals surface area contributed by atoms with Crippen LogP contribution in [0.3, 0.4) is 0 Å². The molecule has 12 nitrogen and oxygen atoms in total. The Labute approximate surface area is 214 Å². The SMILES string of the molecule is NCCCC[C@H](NC(=O)OC1CCC1)C(=O)N[C@H](CCC(=O)N1c2ccccc2C[C@H]1C(=O)O)C(=O)O. The van der Waals surface area contributed by atoms with Crippen LogP contribution in [0.15, 0.2) is 24.3 Å². The predicted octanol–water partition coefficient (Wildman–Crippen LogP) is 1.15. The fourth-order valence-electron chi connectivity index (χ4n) is 4.39. The Hall–Kier alpha value is -3.67. The lowest BCUT2D eigenvalue weighted by Crippen LogP contribution is -2.52. The first-order chi connectivity index (χ1) is 17.7. The molecule has 3 atom stereocenters. The number of hydrogen-bond acceptors (Lipinski definition) is 7. The highest BCUT2D eigenvalue weighted by atomic mass is 16.6. The first kappa shape index (κ1) is 27.9. The number of hydrogen-bond donors (Lipinski definition) is 5. The third-order valence-corrected chi connectivity index (χ3v) is 6.67. The number of ether oxygens (including phenoxy) is 1. The Kier molecular flexibility index (Phi) is 9.84. The van der Waals surface area contributed by atoms with Crippen molar-refractivity contribution in [3.8, 4) is 0 Å². The Bertz CT molecular complexity index is 1010. The monoisotopic (exact) mass is 518 g/mol. The zero-order valence-corrected chi connectivity index (χ0v) is 20.6. The number of rotatable bonds is 13. The summed E-state index contributed by atoms with van der Waals surface area (Å²) >= 11 is 0. The Morgan fingerprint density at radius 1 is 1.03 bits per heavy atom. The smallest absolute Gasteiger partial charge is 0.408 e. The first-order valence-corrected chi connectivity index (χ1v) is 12.5. The number of para-hydroxylation sites is 1. The number of amides is 3. The molecule has 37 heavy (non-hydrogen) atoms. The second-order valence-corrected chi connectivity index (χ2v) is 9.33. The molecule has 0 spiro atoms. The summed E-state index contributed by atoms with van der Waals surface area (Å²) in [6.45, 7) is 0.400. The van der Waals surface area contributed by atoms with E-state index in [9.17, 15) is 34.2 Å². The van der Waals surface area contributed by atoms with Crippen LogP contribution in [0.4, 0.5) is 10.5 Å². The third-order valence-electron chi connectivity index (χ3n) is 6.67. The zero-order chi connectivity index (χ0) is 26.9. The molecule has 6 N–H and O–H groups in total. The summed E-state index contributed by atoms with van der Waals surface area (Å²) in [6, 6.07) is 3.30. The van der Waals surface area contributed by atoms with Crippen LogP contribution in [-0.2, 0) is 30.3 Å². The van der Waals surface area contributed by atoms with E-state index in [4.69, 9.17) is 10.5 Å². The van der Waals surface area contributed by atoms with E-state index in [-0.39, 0.29) is 31.8 Å². The minimum absolute atomic E-state index is 0.156. The predicted molar refractivity (Wildman–Crippen MR) is 132 cm³/mol. The number of benzene rings is 1. The number of carbonyl (C=O) groups excluding carboxylic acids is 3. The first-order valence-electron chi connectivity index (χ1n) is 12.5. The average molecular weight is 519 g/mol. The number of fused-ring (bicyclic) bond motifs is 1. The van der Waals surface area contributed by atoms with Crippen LogP contribution in [0, 0.1) is 0 Å². The maximum Gasteiger partial charge on any atom is 0.408 e. The molecule has 1 aromatic carbocycles. The number of alkyl carbamates (subject to hydrolysis) is 1. The standard InChI is InChI=1S/C25H34N4O8/c26-13-4-3-9-17(28-25(36)37-16-7-5-8-16)22(31)27-18(23(32)33)11-12-21(30)29-19-10-2-1-6-15(19)14-20(29)24(34)35/h1-2,6,10,16-18,20H,3-5,7-9,11-14,26H2,(H,27,31)(H,28,36)(H,32,33)(H,34,35)/t17-,18+,20-/m0/s1. The quantitative estimate of drug-likeness (QED) is 0.239. The van der Waals surface area contributed by atoms with Crippen molar-refractivity contribution < 1.29 is 38.9 Å². The lowest BCUT2D eigenvalue weighted by atomic mass is 9.96. The summed E-state index contributed by atoms with van der Waals surface area (Å²) in [7, 11) is 0. The van der Waals surface area contributed by atoms with Crippen molar-refractivity contribution in [3.63, 3.8) is 0 Å². The largest absolute Gasteiger partial charge is 0.480 e. The summed E-state index contributed by atoms with van der Waals surface area (Å²) in [5.74, 6) is -3.78. The molecule has 202 valence electrons. The molecule has 1 heterocycles. The highest BCUT2D eigenvalue weighted by Gasteiger charge is 2.38. The van der Waals surface area contributed by atoms with Gasteiger partial charge in [-0.2, -0.15) is 0 Å². The van der Waals surface area contributed by atoms with Crippen LogP contribution < -0.4 is 21.3 Å². The van der Waals surface area contributed by atoms with E-state index in [0.29, 0.717) is 30.6 Å². The van der Waals surface area contributed by atoms with Gasteiger partial charge in [-0.25, -0.2) is 14.4 Å². The van der Waals surface area contributed by atoms with Crippen LogP contribution in [0.1, 0.15) is 56.9 Å². The van der Waals surface area contributed by atoms with Crippen LogP contribution in [0.2, 0.25) is 0 Å². The number of carboxylic acid groups (broad SMARTS) is 2. The molecule has 0 radical (unpaired) electrons. The normalized spacial score (nSPS) is 18.2. The van der Waals surface area contributed by atoms with E-state index in [1.807, 2.05) is 0 Å². The van der Waals surface area contributed by atoms with Gasteiger partial charge in [0.25, 0.3) is 0 Å². The van der Waals surface area contributed by atoms with Crippen molar-refractivity contribution in [2.45, 2.75) is 82.0 Å². The van der Waals surface area contributed by atoms with Crippen LogP contribution in [0.5, 0.6) is 0 Å². The molecule has 3 rings (SSSR count). The molecule has 0 saturated heterocycles. The van der Waals surface area contributed by atoms with Gasteiger partial charge >= 0.3 is 18.0 Å². The molecule has 1 aliphatic heterocycles. The molecule has 12 heteroatoms. The molecule has 2 aliphatic rings. The highest BCUT2D eigenvalue weighted by Crippen LogP contribution is 2.33. The summed E-state index contributed by atoms with van der Waals surface area (Å²) < 4.78 is 5.25. The van der Waals surface area contributed by atoms with Gasteiger partial charge in [0, 0.05) is 18.5 Å². The summed E-state index contributed by atoms with van der Waals surface area (Å²) in [5.41, 5.74) is 6.71. The maximum atomic E-state index is 13.0. The van der Waals surface area contributed by atoms with Crippen molar-refractivity contribution in [2.75, 3.05) is 11.4 Å². The van der Waals surface area contributed by atoms with Gasteiger partial charge in [0.05, 0.1) is 0 Å². The molecule has 0 aromatic heterocycles. The van der Waals surface area contributed by atoms with Gasteiger partial charge in [0.15, 0.2) is 0 Å². The highest BCUT2D eigenvalue weighted by molar-refractivity contribution is 6.02. The number of aliphatic carboxylic acids is 2. The molecular formula is C25H34N4O8. The van der Waals surface area contributed by atoms with Gasteiger partial charge in [-0.3, -0.25) is 14.5 Å². The number of carboxylic acids is 2. The number of nitrogens with one attached hydrogen (secondary N) is 2. The molecule has 1 fully saturated rings. The van der Waals surface area contributed by atoms with E-state index in [1.54, 1.807) is 24.3 Å². The van der Waals surface area contributed by atoms with Crippen LogP contribution in [0.25, 0.3) is 0 Å². The maximum absolute atomic E-state index is 13.0. The van der Waals surface area contributed by atoms with Gasteiger partial charge in [-0.05, 0) is 63.1 Å². The molecule has 1 saturated carbocycles. The third kappa shape index (κ3) is 7.42. The molecule has 0 unspecified atom stereocenters. The fraction of sp³-hybridized carbons (Fsp3) is 0.560. The van der Waals surface area contributed by atoms with Crippen molar-refractivity contribution in [1.82, 2.24) is 10.6 Å². The second kappa shape index (κ2) is 13.0. The van der Waals surface area contributed by atoms with Crippen LogP contribution >= 0.6 is 0 Å². The van der Waals surface area contributed by atoms with E-state index in [0.717, 1.165) is 19.3 Å². The van der Waals surface area contributed by atoms with E-state index in [1.165, 1.54) is 4.90 Å². The van der Waals surface area contributed by atoms with Gasteiger partial charge in [-0.15, -0.1) is 0 Å². The molecule has 0 bridgehead atoms. The van der Waals surface area contributed by atoms with Gasteiger partial charge in [0.2, 0.25) is 11.8 Å². The van der Waals surface area contributed by atoms with E-state index >= 15 is 0 Å². The van der Waals surface area contributed by atoms with Crippen molar-refractivity contribution in [2.24, 2.45) is 5.73 Å². The fourth-order valence-corrected chi connectivity index (χ4v) is 4.39. The molecule has 1 aromatic rings. The number of nitrogens with two attached hydrogens (primary N) is 1. The van der Waals surface area contributed by atoms with Crippen molar-refractivity contribution in [1.29, 1.82) is 0 Å². The van der Waals surface area contributed by atoms with E-state index in [2.05, 4.69) is 10.6 Å². The van der Waals surface area contributed by atoms with E-state index < -0.39 is 48.0 Å². The molecule has 3 amide bonds. The zero-order valence-electron chi connectivity index (χ0n) is 20.6. The summed E-state index contributed by atoms with van der Waals surface area (Å²) in [4.78, 5) is 62.9. The summed E-state index contributed by atoms with van der Waals surface area (Å²) in [5, 5.41) is 24.2. The topological polar surface area (TPSA) is 188 Å². The number of anilines is 1. The minimum atomic E-state index is -1.42. The Balaban J connectivity index is 1.62. The lowest BCUT2D eigenvalue weighted by Gasteiger charge is -2.27. The van der Waals surface area contributed by atoms with Crippen molar-refractivity contribution in [3.05, 3.63) is 29.8 Å². The lowest BCUT2D eigenvalue weighted by molar-refractivity contribution is -0.143. The van der Waals surface area contributed by atoms with Crippen LogP contribution in [-0.4, -0.2) is 70.8 Å². The molecular weight excluding hydrogens is 484 g/mol. The summed E-state index contributed by atoms with van der Waals surface area (Å²) in [6.07, 6.45) is 2.53. The van der Waals surface area contributed by atoms with Gasteiger partial charge in [0.1, 0.15) is 24.2 Å². The molecule has 1 aliphatic carbocycles. The second-order valence-electron chi connectivity index (χ2n) is 9.33. The number of unbranched alkanes of at least 4 members (excludes halogenated alkanes) is 1. The average Bonchev–Trinajstić information content (AvgIpc) is 3.23. The number of carbonyl (C=O) groups is 5. The van der Waals surface area contributed by atoms with Gasteiger partial charge < -0.3 is 31.3 Å². The van der Waals surface area contributed by atoms with Gasteiger partial charge in [-0.1, -0.05) is 18.2 Å². The number of nitrogens with zero attached hydrogens (tertiary/aromatic N) is 1.